The van der Waals surface area contributed by atoms with Gasteiger partial charge in [-0.2, -0.15) is 0 Å². The van der Waals surface area contributed by atoms with Crippen molar-refractivity contribution in [3.05, 3.63) is 0 Å². The second-order valence-electron chi connectivity index (χ2n) is 3.92. The van der Waals surface area contributed by atoms with Crippen molar-refractivity contribution in [2.24, 2.45) is 5.73 Å². The normalized spacial score (nSPS) is 22.2. The van der Waals surface area contributed by atoms with E-state index in [2.05, 4.69) is 5.32 Å². The van der Waals surface area contributed by atoms with Crippen molar-refractivity contribution >= 4 is 11.9 Å². The van der Waals surface area contributed by atoms with Crippen LogP contribution >= 0.6 is 0 Å². The number of carboxylic acids is 1. The molecule has 1 saturated carbocycles. The molecule has 6 heteroatoms. The molecule has 80 valence electrons. The van der Waals surface area contributed by atoms with Gasteiger partial charge in [0.05, 0.1) is 12.1 Å². The van der Waals surface area contributed by atoms with Gasteiger partial charge in [-0.15, -0.1) is 0 Å². The van der Waals surface area contributed by atoms with E-state index in [-0.39, 0.29) is 6.54 Å². The van der Waals surface area contributed by atoms with E-state index in [1.807, 2.05) is 0 Å². The second-order valence-corrected chi connectivity index (χ2v) is 3.92. The topological polar surface area (TPSA) is 113 Å². The van der Waals surface area contributed by atoms with Crippen molar-refractivity contribution in [1.82, 2.24) is 5.32 Å². The Labute approximate surface area is 81.1 Å². The summed E-state index contributed by atoms with van der Waals surface area (Å²) < 4.78 is 0. The van der Waals surface area contributed by atoms with Crippen molar-refractivity contribution in [3.63, 3.8) is 0 Å². The average Bonchev–Trinajstić information content (AvgIpc) is 2.80. The number of carbonyl (C=O) groups excluding carboxylic acids is 1. The molecule has 0 aromatic carbocycles. The van der Waals surface area contributed by atoms with Gasteiger partial charge < -0.3 is 21.3 Å². The summed E-state index contributed by atoms with van der Waals surface area (Å²) in [5, 5.41) is 20.1. The number of aliphatic carboxylic acids is 1. The Kier molecular flexibility index (Phi) is 2.51. The lowest BCUT2D eigenvalue weighted by Crippen LogP contribution is -2.51. The summed E-state index contributed by atoms with van der Waals surface area (Å²) in [5.74, 6) is -1.78. The van der Waals surface area contributed by atoms with Gasteiger partial charge in [-0.25, -0.2) is 4.79 Å². The molecule has 0 aromatic heterocycles. The molecule has 0 bridgehead atoms. The number of hydrogen-bond acceptors (Lipinski definition) is 4. The minimum absolute atomic E-state index is 0.333. The number of nitrogens with two attached hydrogens (primary N) is 1. The predicted octanol–water partition coefficient (Wildman–Crippen LogP) is -1.57. The molecule has 1 unspecified atom stereocenters. The first kappa shape index (κ1) is 10.9. The van der Waals surface area contributed by atoms with E-state index >= 15 is 0 Å². The number of aliphatic hydroxyl groups is 1. The summed E-state index contributed by atoms with van der Waals surface area (Å²) in [6, 6.07) is 0. The summed E-state index contributed by atoms with van der Waals surface area (Å²) in [7, 11) is 0. The van der Waals surface area contributed by atoms with Gasteiger partial charge in [-0.05, 0) is 19.8 Å². The summed E-state index contributed by atoms with van der Waals surface area (Å²) in [6.07, 6.45) is 1.21. The summed E-state index contributed by atoms with van der Waals surface area (Å²) in [5.41, 5.74) is 2.77. The molecule has 14 heavy (non-hydrogen) atoms. The van der Waals surface area contributed by atoms with Gasteiger partial charge in [-0.1, -0.05) is 0 Å². The first-order chi connectivity index (χ1) is 6.28. The molecule has 1 rings (SSSR count). The fourth-order valence-corrected chi connectivity index (χ4v) is 0.866. The van der Waals surface area contributed by atoms with Crippen LogP contribution in [0.15, 0.2) is 0 Å². The van der Waals surface area contributed by atoms with Crippen LogP contribution in [0, 0.1) is 0 Å². The van der Waals surface area contributed by atoms with Crippen molar-refractivity contribution < 1.29 is 19.8 Å². The van der Waals surface area contributed by atoms with Crippen LogP contribution in [-0.2, 0) is 9.59 Å². The highest BCUT2D eigenvalue weighted by molar-refractivity contribution is 5.89. The molecule has 1 fully saturated rings. The number of hydrogen-bond donors (Lipinski definition) is 4. The lowest BCUT2D eigenvalue weighted by molar-refractivity contribution is -0.156. The Morgan fingerprint density at radius 1 is 1.57 bits per heavy atom. The summed E-state index contributed by atoms with van der Waals surface area (Å²) >= 11 is 0. The number of carbonyl (C=O) groups is 2. The first-order valence-electron chi connectivity index (χ1n) is 4.31. The van der Waals surface area contributed by atoms with E-state index in [0.717, 1.165) is 6.92 Å². The monoisotopic (exact) mass is 202 g/mol. The van der Waals surface area contributed by atoms with Crippen LogP contribution in [0.5, 0.6) is 0 Å². The molecule has 5 N–H and O–H groups in total. The lowest BCUT2D eigenvalue weighted by atomic mass is 10.1. The van der Waals surface area contributed by atoms with E-state index in [1.54, 1.807) is 0 Å². The van der Waals surface area contributed by atoms with Crippen molar-refractivity contribution in [2.75, 3.05) is 6.54 Å². The van der Waals surface area contributed by atoms with E-state index in [0.29, 0.717) is 12.8 Å². The lowest BCUT2D eigenvalue weighted by Gasteiger charge is -2.19. The van der Waals surface area contributed by atoms with Gasteiger partial charge in [0.15, 0.2) is 5.60 Å². The van der Waals surface area contributed by atoms with Crippen molar-refractivity contribution in [1.29, 1.82) is 0 Å². The highest BCUT2D eigenvalue weighted by Gasteiger charge is 2.46. The van der Waals surface area contributed by atoms with Gasteiger partial charge in [0, 0.05) is 0 Å². The molecule has 0 aromatic rings. The van der Waals surface area contributed by atoms with Gasteiger partial charge >= 0.3 is 5.97 Å². The van der Waals surface area contributed by atoms with Gasteiger partial charge in [-0.3, -0.25) is 4.79 Å². The number of rotatable bonds is 4. The molecule has 6 nitrogen and oxygen atoms in total. The highest BCUT2D eigenvalue weighted by Crippen LogP contribution is 2.32. The Morgan fingerprint density at radius 2 is 2.07 bits per heavy atom. The average molecular weight is 202 g/mol. The van der Waals surface area contributed by atoms with Crippen LogP contribution in [0.4, 0.5) is 0 Å². The van der Waals surface area contributed by atoms with Gasteiger partial charge in [0.2, 0.25) is 5.91 Å². The maximum absolute atomic E-state index is 11.3. The molecule has 0 aliphatic heterocycles. The smallest absolute Gasteiger partial charge is 0.337 e. The van der Waals surface area contributed by atoms with E-state index in [9.17, 15) is 14.7 Å². The fourth-order valence-electron chi connectivity index (χ4n) is 0.866. The minimum Gasteiger partial charge on any atom is -0.479 e. The summed E-state index contributed by atoms with van der Waals surface area (Å²) in [4.78, 5) is 21.7. The van der Waals surface area contributed by atoms with Crippen LogP contribution in [0.1, 0.15) is 19.8 Å². The number of carboxylic acid groups (broad SMARTS) is 1. The molecule has 1 amide bonds. The third kappa shape index (κ3) is 2.21. The zero-order valence-corrected chi connectivity index (χ0v) is 7.91. The molecule has 0 saturated heterocycles. The van der Waals surface area contributed by atoms with Crippen LogP contribution in [0.3, 0.4) is 0 Å². The Balaban J connectivity index is 2.40. The maximum atomic E-state index is 11.3. The zero-order valence-electron chi connectivity index (χ0n) is 7.91. The first-order valence-corrected chi connectivity index (χ1v) is 4.31. The zero-order chi connectivity index (χ0) is 11.0. The quantitative estimate of drug-likeness (QED) is 0.440. The molecular formula is C8H14N2O4. The standard InChI is InChI=1S/C8H14N2O4/c1-7(14,6(12)13)4-10-5(11)8(9)2-3-8/h14H,2-4,9H2,1H3,(H,10,11)(H,12,13). The third-order valence-corrected chi connectivity index (χ3v) is 2.29. The van der Waals surface area contributed by atoms with Crippen molar-refractivity contribution in [3.8, 4) is 0 Å². The third-order valence-electron chi connectivity index (χ3n) is 2.29. The summed E-state index contributed by atoms with van der Waals surface area (Å²) in [6.45, 7) is 0.784. The fraction of sp³-hybridized carbons (Fsp3) is 0.750. The van der Waals surface area contributed by atoms with Crippen molar-refractivity contribution in [2.45, 2.75) is 30.9 Å². The molecular weight excluding hydrogens is 188 g/mol. The Bertz CT molecular complexity index is 271. The highest BCUT2D eigenvalue weighted by atomic mass is 16.4. The van der Waals surface area contributed by atoms with Crippen LogP contribution in [0.2, 0.25) is 0 Å². The molecule has 1 aliphatic rings. The van der Waals surface area contributed by atoms with Crippen LogP contribution in [-0.4, -0.2) is 39.8 Å². The Hall–Kier alpha value is -1.14. The molecule has 0 radical (unpaired) electrons. The molecule has 1 aliphatic carbocycles. The molecule has 0 heterocycles. The molecule has 1 atom stereocenters. The van der Waals surface area contributed by atoms with Gasteiger partial charge in [0.25, 0.3) is 0 Å². The number of amides is 1. The van der Waals surface area contributed by atoms with Crippen LogP contribution in [0.25, 0.3) is 0 Å². The minimum atomic E-state index is -1.94. The number of nitrogens with one attached hydrogen (secondary N) is 1. The van der Waals surface area contributed by atoms with E-state index < -0.39 is 23.0 Å². The Morgan fingerprint density at radius 3 is 2.43 bits per heavy atom. The van der Waals surface area contributed by atoms with Gasteiger partial charge in [0.1, 0.15) is 0 Å². The van der Waals surface area contributed by atoms with E-state index in [4.69, 9.17) is 10.8 Å². The largest absolute Gasteiger partial charge is 0.479 e. The predicted molar refractivity (Wildman–Crippen MR) is 47.4 cm³/mol. The van der Waals surface area contributed by atoms with Crippen LogP contribution < -0.4 is 11.1 Å². The van der Waals surface area contributed by atoms with E-state index in [1.165, 1.54) is 0 Å². The SMILES string of the molecule is CC(O)(CNC(=O)C1(N)CC1)C(=O)O. The maximum Gasteiger partial charge on any atom is 0.337 e. The second kappa shape index (κ2) is 3.21. The molecule has 0 spiro atoms.